The lowest BCUT2D eigenvalue weighted by atomic mass is 10.1. The first-order chi connectivity index (χ1) is 12.6. The molecule has 26 heavy (non-hydrogen) atoms. The molecule has 2 aliphatic rings. The monoisotopic (exact) mass is 374 g/mol. The first-order valence-electron chi connectivity index (χ1n) is 9.08. The molecule has 0 aliphatic carbocycles. The number of hydrogen-bond acceptors (Lipinski definition) is 4. The Kier molecular flexibility index (Phi) is 4.98. The molecule has 0 bridgehead atoms. The van der Waals surface area contributed by atoms with E-state index in [4.69, 9.17) is 16.3 Å². The minimum absolute atomic E-state index is 0.0539. The highest BCUT2D eigenvalue weighted by atomic mass is 35.5. The van der Waals surface area contributed by atoms with Crippen LogP contribution in [0.4, 0.5) is 0 Å². The van der Waals surface area contributed by atoms with E-state index in [-0.39, 0.29) is 18.1 Å². The van der Waals surface area contributed by atoms with Crippen molar-refractivity contribution in [2.75, 3.05) is 19.7 Å². The summed E-state index contributed by atoms with van der Waals surface area (Å²) in [5, 5.41) is 8.13. The number of ether oxygens (including phenoxy) is 1. The van der Waals surface area contributed by atoms with Gasteiger partial charge in [0.25, 0.3) is 5.91 Å². The predicted molar refractivity (Wildman–Crippen MR) is 99.3 cm³/mol. The summed E-state index contributed by atoms with van der Waals surface area (Å²) in [5.41, 5.74) is 1.62. The van der Waals surface area contributed by atoms with Crippen LogP contribution < -0.4 is 5.32 Å². The third kappa shape index (κ3) is 3.63. The number of rotatable bonds is 4. The molecule has 4 rings (SSSR count). The lowest BCUT2D eigenvalue weighted by molar-refractivity contribution is -0.0502. The SMILES string of the molecule is CCn1ccc(C(=O)N[C@H]2C[C@H]3CO[C@@H](c4ccc(Cl)cc4)CN3C2)n1. The van der Waals surface area contributed by atoms with Gasteiger partial charge in [0.05, 0.1) is 12.7 Å². The zero-order valence-electron chi connectivity index (χ0n) is 14.8. The fourth-order valence-corrected chi connectivity index (χ4v) is 3.90. The van der Waals surface area contributed by atoms with Crippen LogP contribution in [0, 0.1) is 0 Å². The zero-order chi connectivity index (χ0) is 18.1. The number of hydrogen-bond donors (Lipinski definition) is 1. The fraction of sp³-hybridized carbons (Fsp3) is 0.474. The summed E-state index contributed by atoms with van der Waals surface area (Å²) >= 11 is 5.97. The van der Waals surface area contributed by atoms with Gasteiger partial charge in [-0.1, -0.05) is 23.7 Å². The molecule has 1 N–H and O–H groups in total. The van der Waals surface area contributed by atoms with E-state index in [1.807, 2.05) is 37.4 Å². The van der Waals surface area contributed by atoms with Crippen molar-refractivity contribution in [1.29, 1.82) is 0 Å². The molecule has 6 nitrogen and oxygen atoms in total. The number of nitrogens with one attached hydrogen (secondary N) is 1. The maximum absolute atomic E-state index is 12.4. The number of amides is 1. The molecular weight excluding hydrogens is 352 g/mol. The third-order valence-electron chi connectivity index (χ3n) is 5.19. The van der Waals surface area contributed by atoms with Crippen LogP contribution in [0.2, 0.25) is 5.02 Å². The number of carbonyl (C=O) groups excluding carboxylic acids is 1. The first-order valence-corrected chi connectivity index (χ1v) is 9.45. The van der Waals surface area contributed by atoms with Crippen LogP contribution in [0.25, 0.3) is 0 Å². The minimum Gasteiger partial charge on any atom is -0.371 e. The molecule has 0 saturated carbocycles. The smallest absolute Gasteiger partial charge is 0.272 e. The Morgan fingerprint density at radius 1 is 1.31 bits per heavy atom. The van der Waals surface area contributed by atoms with Crippen LogP contribution in [0.5, 0.6) is 0 Å². The molecule has 7 heteroatoms. The Balaban J connectivity index is 1.35. The van der Waals surface area contributed by atoms with Crippen molar-refractivity contribution in [2.24, 2.45) is 0 Å². The predicted octanol–water partition coefficient (Wildman–Crippen LogP) is 2.50. The second-order valence-electron chi connectivity index (χ2n) is 6.94. The molecule has 3 heterocycles. The normalized spacial score (nSPS) is 25.8. The van der Waals surface area contributed by atoms with Gasteiger partial charge in [0.1, 0.15) is 5.69 Å². The Morgan fingerprint density at radius 2 is 2.12 bits per heavy atom. The van der Waals surface area contributed by atoms with Gasteiger partial charge in [-0.25, -0.2) is 0 Å². The van der Waals surface area contributed by atoms with E-state index >= 15 is 0 Å². The van der Waals surface area contributed by atoms with Gasteiger partial charge in [0.2, 0.25) is 0 Å². The average Bonchev–Trinajstić information content (AvgIpc) is 3.28. The van der Waals surface area contributed by atoms with Gasteiger partial charge in [-0.3, -0.25) is 14.4 Å². The quantitative estimate of drug-likeness (QED) is 0.893. The lowest BCUT2D eigenvalue weighted by Gasteiger charge is -2.35. The number of aromatic nitrogens is 2. The maximum atomic E-state index is 12.4. The van der Waals surface area contributed by atoms with Gasteiger partial charge in [-0.05, 0) is 37.1 Å². The highest BCUT2D eigenvalue weighted by molar-refractivity contribution is 6.30. The first kappa shape index (κ1) is 17.5. The van der Waals surface area contributed by atoms with Gasteiger partial charge in [-0.2, -0.15) is 5.10 Å². The molecule has 2 aliphatic heterocycles. The van der Waals surface area contributed by atoms with Crippen molar-refractivity contribution >= 4 is 17.5 Å². The van der Waals surface area contributed by atoms with Crippen LogP contribution in [-0.4, -0.2) is 52.4 Å². The van der Waals surface area contributed by atoms with Crippen molar-refractivity contribution in [1.82, 2.24) is 20.0 Å². The largest absolute Gasteiger partial charge is 0.371 e. The van der Waals surface area contributed by atoms with Crippen molar-refractivity contribution in [2.45, 2.75) is 38.1 Å². The molecule has 1 aromatic carbocycles. The van der Waals surface area contributed by atoms with Crippen LogP contribution in [0.1, 0.15) is 35.5 Å². The number of nitrogens with zero attached hydrogens (tertiary/aromatic N) is 3. The van der Waals surface area contributed by atoms with Crippen molar-refractivity contribution in [3.05, 3.63) is 52.8 Å². The molecular formula is C19H23ClN4O2. The van der Waals surface area contributed by atoms with Crippen LogP contribution in [0.3, 0.4) is 0 Å². The number of halogens is 1. The molecule has 1 aromatic heterocycles. The molecule has 0 radical (unpaired) electrons. The van der Waals surface area contributed by atoms with Gasteiger partial charge < -0.3 is 10.1 Å². The highest BCUT2D eigenvalue weighted by Gasteiger charge is 2.38. The summed E-state index contributed by atoms with van der Waals surface area (Å²) in [7, 11) is 0. The molecule has 138 valence electrons. The van der Waals surface area contributed by atoms with Crippen molar-refractivity contribution < 1.29 is 9.53 Å². The van der Waals surface area contributed by atoms with Gasteiger partial charge in [0, 0.05) is 42.9 Å². The standard InChI is InChI=1S/C19H23ClN4O2/c1-2-24-8-7-17(22-24)19(25)21-15-9-16-12-26-18(11-23(16)10-15)13-3-5-14(20)6-4-13/h3-8,15-16,18H,2,9-12H2,1H3,(H,21,25)/t15-,16-,18+/m0/s1. The summed E-state index contributed by atoms with van der Waals surface area (Å²) in [6.45, 7) is 5.13. The summed E-state index contributed by atoms with van der Waals surface area (Å²) in [6.07, 6.45) is 2.79. The van der Waals surface area contributed by atoms with E-state index in [1.165, 1.54) is 0 Å². The fourth-order valence-electron chi connectivity index (χ4n) is 3.78. The molecule has 1 amide bonds. The third-order valence-corrected chi connectivity index (χ3v) is 5.44. The number of aryl methyl sites for hydroxylation is 1. The summed E-state index contributed by atoms with van der Waals surface area (Å²) in [6, 6.07) is 10.1. The molecule has 2 fully saturated rings. The van der Waals surface area contributed by atoms with E-state index in [9.17, 15) is 4.79 Å². The molecule has 0 unspecified atom stereocenters. The van der Waals surface area contributed by atoms with Crippen LogP contribution in [0.15, 0.2) is 36.5 Å². The Bertz CT molecular complexity index is 776. The van der Waals surface area contributed by atoms with E-state index in [0.29, 0.717) is 18.3 Å². The second kappa shape index (κ2) is 7.39. The van der Waals surface area contributed by atoms with Crippen molar-refractivity contribution in [3.8, 4) is 0 Å². The van der Waals surface area contributed by atoms with E-state index in [0.717, 1.165) is 36.6 Å². The number of benzene rings is 1. The van der Waals surface area contributed by atoms with E-state index < -0.39 is 0 Å². The average molecular weight is 375 g/mol. The number of morpholine rings is 1. The Hall–Kier alpha value is -1.89. The van der Waals surface area contributed by atoms with Crippen LogP contribution in [-0.2, 0) is 11.3 Å². The Morgan fingerprint density at radius 3 is 2.85 bits per heavy atom. The Labute approximate surface area is 158 Å². The minimum atomic E-state index is -0.0998. The van der Waals surface area contributed by atoms with E-state index in [1.54, 1.807) is 10.7 Å². The summed E-state index contributed by atoms with van der Waals surface area (Å²) in [4.78, 5) is 14.8. The van der Waals surface area contributed by atoms with Gasteiger partial charge >= 0.3 is 0 Å². The zero-order valence-corrected chi connectivity index (χ0v) is 15.5. The number of carbonyl (C=O) groups is 1. The van der Waals surface area contributed by atoms with Crippen molar-refractivity contribution in [3.63, 3.8) is 0 Å². The number of fused-ring (bicyclic) bond motifs is 1. The van der Waals surface area contributed by atoms with Gasteiger partial charge in [-0.15, -0.1) is 0 Å². The molecule has 2 aromatic rings. The second-order valence-corrected chi connectivity index (χ2v) is 7.38. The summed E-state index contributed by atoms with van der Waals surface area (Å²) < 4.78 is 7.82. The molecule has 0 spiro atoms. The summed E-state index contributed by atoms with van der Waals surface area (Å²) in [5.74, 6) is -0.0998. The lowest BCUT2D eigenvalue weighted by Crippen LogP contribution is -2.43. The van der Waals surface area contributed by atoms with Crippen LogP contribution >= 0.6 is 11.6 Å². The maximum Gasteiger partial charge on any atom is 0.272 e. The van der Waals surface area contributed by atoms with E-state index in [2.05, 4.69) is 15.3 Å². The molecule has 3 atom stereocenters. The topological polar surface area (TPSA) is 59.4 Å². The molecule has 2 saturated heterocycles. The highest BCUT2D eigenvalue weighted by Crippen LogP contribution is 2.30. The van der Waals surface area contributed by atoms with Gasteiger partial charge in [0.15, 0.2) is 0 Å².